The van der Waals surface area contributed by atoms with Gasteiger partial charge >= 0.3 is 0 Å². The van der Waals surface area contributed by atoms with Gasteiger partial charge in [0.05, 0.1) is 0 Å². The van der Waals surface area contributed by atoms with Crippen LogP contribution >= 0.6 is 15.9 Å². The minimum Gasteiger partial charge on any atom is -0.367 e. The molecule has 1 N–H and O–H groups in total. The van der Waals surface area contributed by atoms with Crippen LogP contribution in [0, 0.1) is 0 Å². The molecule has 1 aromatic rings. The van der Waals surface area contributed by atoms with Gasteiger partial charge in [-0.1, -0.05) is 18.2 Å². The maximum absolute atomic E-state index is 4.31. The van der Waals surface area contributed by atoms with Crippen molar-refractivity contribution < 1.29 is 0 Å². The number of hydrogen-bond acceptors (Lipinski definition) is 2. The zero-order valence-electron chi connectivity index (χ0n) is 7.20. The van der Waals surface area contributed by atoms with Crippen molar-refractivity contribution in [1.29, 1.82) is 0 Å². The second-order valence-electron chi connectivity index (χ2n) is 3.13. The van der Waals surface area contributed by atoms with Gasteiger partial charge in [-0.2, -0.15) is 0 Å². The van der Waals surface area contributed by atoms with Gasteiger partial charge in [0, 0.05) is 6.04 Å². The monoisotopic (exact) mass is 238 g/mol. The summed E-state index contributed by atoms with van der Waals surface area (Å²) in [5, 5.41) is 3.38. The van der Waals surface area contributed by atoms with Crippen molar-refractivity contribution in [3.05, 3.63) is 35.0 Å². The lowest BCUT2D eigenvalue weighted by Gasteiger charge is -2.12. The standard InChI is InChI=1S/C10H11BrN2/c11-9-6-3-7-10(13-9)12-8-4-1-2-5-8/h1-3,6-8H,4-5H2,(H,12,13). The summed E-state index contributed by atoms with van der Waals surface area (Å²) < 4.78 is 0.878. The number of aromatic nitrogens is 1. The van der Waals surface area contributed by atoms with Crippen LogP contribution in [0.5, 0.6) is 0 Å². The lowest BCUT2D eigenvalue weighted by Crippen LogP contribution is -2.15. The topological polar surface area (TPSA) is 24.9 Å². The van der Waals surface area contributed by atoms with Gasteiger partial charge < -0.3 is 5.32 Å². The zero-order valence-corrected chi connectivity index (χ0v) is 8.79. The number of anilines is 1. The first kappa shape index (κ1) is 8.75. The molecule has 2 nitrogen and oxygen atoms in total. The molecule has 0 saturated heterocycles. The molecule has 0 amide bonds. The van der Waals surface area contributed by atoms with Gasteiger partial charge in [-0.3, -0.25) is 0 Å². The van der Waals surface area contributed by atoms with Crippen molar-refractivity contribution in [1.82, 2.24) is 4.98 Å². The summed E-state index contributed by atoms with van der Waals surface area (Å²) >= 11 is 3.34. The number of pyridine rings is 1. The van der Waals surface area contributed by atoms with Crippen LogP contribution in [0.25, 0.3) is 0 Å². The molecule has 0 aliphatic heterocycles. The van der Waals surface area contributed by atoms with Crippen molar-refractivity contribution in [3.63, 3.8) is 0 Å². The molecule has 1 aliphatic rings. The van der Waals surface area contributed by atoms with Crippen LogP contribution < -0.4 is 5.32 Å². The van der Waals surface area contributed by atoms with Crippen LogP contribution in [0.4, 0.5) is 5.82 Å². The molecule has 0 radical (unpaired) electrons. The Bertz CT molecular complexity index is 314. The number of halogens is 1. The highest BCUT2D eigenvalue weighted by molar-refractivity contribution is 9.10. The molecule has 0 fully saturated rings. The average Bonchev–Trinajstić information content (AvgIpc) is 2.57. The van der Waals surface area contributed by atoms with Gasteiger partial charge in [-0.05, 0) is 40.9 Å². The maximum atomic E-state index is 4.31. The summed E-state index contributed by atoms with van der Waals surface area (Å²) in [6.45, 7) is 0. The fourth-order valence-electron chi connectivity index (χ4n) is 1.43. The highest BCUT2D eigenvalue weighted by Crippen LogP contribution is 2.16. The Morgan fingerprint density at radius 2 is 2.08 bits per heavy atom. The highest BCUT2D eigenvalue weighted by Gasteiger charge is 2.09. The molecule has 1 aliphatic carbocycles. The van der Waals surface area contributed by atoms with E-state index in [2.05, 4.69) is 38.4 Å². The Labute approximate surface area is 86.2 Å². The highest BCUT2D eigenvalue weighted by atomic mass is 79.9. The lowest BCUT2D eigenvalue weighted by atomic mass is 10.2. The third-order valence-electron chi connectivity index (χ3n) is 2.07. The van der Waals surface area contributed by atoms with Crippen molar-refractivity contribution in [2.45, 2.75) is 18.9 Å². The van der Waals surface area contributed by atoms with E-state index >= 15 is 0 Å². The smallest absolute Gasteiger partial charge is 0.127 e. The van der Waals surface area contributed by atoms with Crippen molar-refractivity contribution in [2.75, 3.05) is 5.32 Å². The normalized spacial score (nSPS) is 16.4. The first-order valence-corrected chi connectivity index (χ1v) is 5.18. The van der Waals surface area contributed by atoms with Crippen LogP contribution in [0.3, 0.4) is 0 Å². The summed E-state index contributed by atoms with van der Waals surface area (Å²) in [5.74, 6) is 0.947. The zero-order chi connectivity index (χ0) is 9.10. The Kier molecular flexibility index (Phi) is 2.64. The fraction of sp³-hybridized carbons (Fsp3) is 0.300. The second-order valence-corrected chi connectivity index (χ2v) is 3.94. The molecule has 0 saturated carbocycles. The van der Waals surface area contributed by atoms with E-state index in [1.807, 2.05) is 18.2 Å². The minimum atomic E-state index is 0.529. The molecular formula is C10H11BrN2. The molecule has 0 bridgehead atoms. The molecule has 68 valence electrons. The number of hydrogen-bond donors (Lipinski definition) is 1. The third kappa shape index (κ3) is 2.31. The second kappa shape index (κ2) is 3.92. The van der Waals surface area contributed by atoms with E-state index in [0.717, 1.165) is 23.3 Å². The number of nitrogens with zero attached hydrogens (tertiary/aromatic N) is 1. The van der Waals surface area contributed by atoms with Crippen molar-refractivity contribution in [3.8, 4) is 0 Å². The van der Waals surface area contributed by atoms with Crippen molar-refractivity contribution >= 4 is 21.7 Å². The van der Waals surface area contributed by atoms with Gasteiger partial charge in [0.25, 0.3) is 0 Å². The molecule has 0 atom stereocenters. The van der Waals surface area contributed by atoms with Gasteiger partial charge in [0.15, 0.2) is 0 Å². The molecular weight excluding hydrogens is 228 g/mol. The molecule has 2 rings (SSSR count). The van der Waals surface area contributed by atoms with E-state index in [-0.39, 0.29) is 0 Å². The molecule has 0 aromatic carbocycles. The largest absolute Gasteiger partial charge is 0.367 e. The SMILES string of the molecule is Brc1cccc(NC2CC=CC2)n1. The Morgan fingerprint density at radius 3 is 2.77 bits per heavy atom. The first-order valence-electron chi connectivity index (χ1n) is 4.39. The lowest BCUT2D eigenvalue weighted by molar-refractivity contribution is 0.780. The predicted molar refractivity (Wildman–Crippen MR) is 57.7 cm³/mol. The minimum absolute atomic E-state index is 0.529. The summed E-state index contributed by atoms with van der Waals surface area (Å²) in [6, 6.07) is 6.44. The molecule has 3 heteroatoms. The maximum Gasteiger partial charge on any atom is 0.127 e. The van der Waals surface area contributed by atoms with Gasteiger partial charge in [0.2, 0.25) is 0 Å². The molecule has 13 heavy (non-hydrogen) atoms. The Hall–Kier alpha value is -0.830. The molecule has 1 aromatic heterocycles. The predicted octanol–water partition coefficient (Wildman–Crippen LogP) is 2.97. The average molecular weight is 239 g/mol. The number of rotatable bonds is 2. The van der Waals surface area contributed by atoms with Crippen LogP contribution in [-0.2, 0) is 0 Å². The van der Waals surface area contributed by atoms with Crippen LogP contribution in [-0.4, -0.2) is 11.0 Å². The summed E-state index contributed by atoms with van der Waals surface area (Å²) in [5.41, 5.74) is 0. The van der Waals surface area contributed by atoms with E-state index in [1.165, 1.54) is 0 Å². The van der Waals surface area contributed by atoms with Gasteiger partial charge in [0.1, 0.15) is 10.4 Å². The molecule has 0 unspecified atom stereocenters. The Balaban J connectivity index is 2.01. The van der Waals surface area contributed by atoms with Crippen LogP contribution in [0.2, 0.25) is 0 Å². The number of nitrogens with one attached hydrogen (secondary N) is 1. The first-order chi connectivity index (χ1) is 6.34. The van der Waals surface area contributed by atoms with Gasteiger partial charge in [-0.15, -0.1) is 0 Å². The quantitative estimate of drug-likeness (QED) is 0.633. The molecule has 1 heterocycles. The van der Waals surface area contributed by atoms with Crippen LogP contribution in [0.15, 0.2) is 35.0 Å². The van der Waals surface area contributed by atoms with Crippen LogP contribution in [0.1, 0.15) is 12.8 Å². The third-order valence-corrected chi connectivity index (χ3v) is 2.52. The summed E-state index contributed by atoms with van der Waals surface area (Å²) in [6.07, 6.45) is 6.62. The van der Waals surface area contributed by atoms with E-state index in [4.69, 9.17) is 0 Å². The van der Waals surface area contributed by atoms with Gasteiger partial charge in [-0.25, -0.2) is 4.98 Å². The molecule has 0 spiro atoms. The summed E-state index contributed by atoms with van der Waals surface area (Å²) in [7, 11) is 0. The van der Waals surface area contributed by atoms with E-state index < -0.39 is 0 Å². The van der Waals surface area contributed by atoms with E-state index in [9.17, 15) is 0 Å². The fourth-order valence-corrected chi connectivity index (χ4v) is 1.78. The van der Waals surface area contributed by atoms with E-state index in [1.54, 1.807) is 0 Å². The summed E-state index contributed by atoms with van der Waals surface area (Å²) in [4.78, 5) is 4.31. The van der Waals surface area contributed by atoms with E-state index in [0.29, 0.717) is 6.04 Å². The van der Waals surface area contributed by atoms with Crippen molar-refractivity contribution in [2.24, 2.45) is 0 Å². The Morgan fingerprint density at radius 1 is 1.31 bits per heavy atom.